The van der Waals surface area contributed by atoms with Gasteiger partial charge in [0.25, 0.3) is 0 Å². The molecular formula is C45H86O14P2. The van der Waals surface area contributed by atoms with Crippen LogP contribution >= 0.6 is 15.6 Å². The van der Waals surface area contributed by atoms with Crippen LogP contribution in [0.5, 0.6) is 0 Å². The Bertz CT molecular complexity index is 1210. The molecule has 0 radical (unpaired) electrons. The van der Waals surface area contributed by atoms with E-state index in [0.29, 0.717) is 25.0 Å². The molecule has 0 aromatic rings. The molecule has 61 heavy (non-hydrogen) atoms. The van der Waals surface area contributed by atoms with Crippen LogP contribution < -0.4 is 0 Å². The molecule has 1 fully saturated rings. The van der Waals surface area contributed by atoms with Gasteiger partial charge in [-0.3, -0.25) is 23.2 Å². The summed E-state index contributed by atoms with van der Waals surface area (Å²) in [6, 6.07) is 0. The van der Waals surface area contributed by atoms with Crippen LogP contribution in [0.15, 0.2) is 12.2 Å². The summed E-state index contributed by atoms with van der Waals surface area (Å²) in [6.07, 6.45) is 33.5. The smallest absolute Gasteiger partial charge is 0.462 e. The summed E-state index contributed by atoms with van der Waals surface area (Å²) in [4.78, 5) is 52.9. The topological polar surface area (TPSA) is 208 Å². The SMILES string of the molecule is CCCCC/C=C\CC1OC1CCCCCCCC(=O)OC[C@H](COP(=O)(O)OC[C@@H](O)COP(=O)(O)O)OC(=O)CCCCCCCCCCCCCCCCC(C)CC. The van der Waals surface area contributed by atoms with Crippen molar-refractivity contribution in [3.05, 3.63) is 12.2 Å². The van der Waals surface area contributed by atoms with Crippen LogP contribution in [0.2, 0.25) is 0 Å². The van der Waals surface area contributed by atoms with Crippen molar-refractivity contribution in [2.24, 2.45) is 5.92 Å². The quantitative estimate of drug-likeness (QED) is 0.0147. The van der Waals surface area contributed by atoms with Crippen LogP contribution in [0.1, 0.15) is 207 Å². The lowest BCUT2D eigenvalue weighted by molar-refractivity contribution is -0.161. The van der Waals surface area contributed by atoms with Crippen molar-refractivity contribution in [2.75, 3.05) is 26.4 Å². The number of aliphatic hydroxyl groups excluding tert-OH is 1. The van der Waals surface area contributed by atoms with Crippen LogP contribution in [0.25, 0.3) is 0 Å². The van der Waals surface area contributed by atoms with Gasteiger partial charge in [-0.2, -0.15) is 0 Å². The molecule has 14 nitrogen and oxygen atoms in total. The minimum Gasteiger partial charge on any atom is -0.462 e. The van der Waals surface area contributed by atoms with Gasteiger partial charge >= 0.3 is 27.6 Å². The highest BCUT2D eigenvalue weighted by Crippen LogP contribution is 2.44. The van der Waals surface area contributed by atoms with Gasteiger partial charge in [0.15, 0.2) is 6.10 Å². The average molecular weight is 913 g/mol. The summed E-state index contributed by atoms with van der Waals surface area (Å²) in [5.74, 6) is -0.186. The predicted octanol–water partition coefficient (Wildman–Crippen LogP) is 11.4. The zero-order chi connectivity index (χ0) is 45.0. The van der Waals surface area contributed by atoms with Crippen LogP contribution in [0.4, 0.5) is 0 Å². The zero-order valence-electron chi connectivity index (χ0n) is 38.1. The largest absolute Gasteiger partial charge is 0.472 e. The van der Waals surface area contributed by atoms with Gasteiger partial charge in [0, 0.05) is 12.8 Å². The van der Waals surface area contributed by atoms with Crippen LogP contribution in [-0.2, 0) is 46.5 Å². The molecule has 0 aromatic carbocycles. The van der Waals surface area contributed by atoms with Crippen molar-refractivity contribution >= 4 is 27.6 Å². The fourth-order valence-electron chi connectivity index (χ4n) is 6.98. The van der Waals surface area contributed by atoms with Crippen molar-refractivity contribution in [3.8, 4) is 0 Å². The lowest BCUT2D eigenvalue weighted by Gasteiger charge is -2.20. The minimum absolute atomic E-state index is 0.130. The first kappa shape index (κ1) is 57.8. The second-order valence-electron chi connectivity index (χ2n) is 17.0. The highest BCUT2D eigenvalue weighted by Gasteiger charge is 2.36. The third-order valence-electron chi connectivity index (χ3n) is 11.1. The molecule has 0 saturated carbocycles. The molecule has 1 rings (SSSR count). The summed E-state index contributed by atoms with van der Waals surface area (Å²) in [5, 5.41) is 9.77. The first-order valence-electron chi connectivity index (χ1n) is 23.9. The standard InChI is InChI=1S/C45H86O14P2/c1-4-6-7-8-21-26-31-42-43(59-42)32-27-22-19-24-28-33-44(47)54-37-41(38-57-61(52,53)56-36-40(46)35-55-60(49,50)51)58-45(48)34-29-23-18-16-14-12-10-9-11-13-15-17-20-25-30-39(3)5-2/h21,26,39-43,46H,4-20,22-25,27-38H2,1-3H3,(H,52,53)(H2,49,50,51)/b26-21-/t39?,40-,41+,42?,43?/m0/s1. The summed E-state index contributed by atoms with van der Waals surface area (Å²) >= 11 is 0. The van der Waals surface area contributed by atoms with Crippen molar-refractivity contribution in [1.82, 2.24) is 0 Å². The van der Waals surface area contributed by atoms with Gasteiger partial charge in [-0.05, 0) is 44.4 Å². The van der Waals surface area contributed by atoms with Crippen molar-refractivity contribution < 1.29 is 66.3 Å². The molecule has 0 spiro atoms. The van der Waals surface area contributed by atoms with E-state index in [1.807, 2.05) is 0 Å². The van der Waals surface area contributed by atoms with Crippen LogP contribution in [-0.4, -0.2) is 82.6 Å². The molecule has 1 aliphatic heterocycles. The van der Waals surface area contributed by atoms with Gasteiger partial charge in [0.2, 0.25) is 0 Å². The van der Waals surface area contributed by atoms with Gasteiger partial charge in [-0.15, -0.1) is 0 Å². The maximum absolute atomic E-state index is 12.7. The second-order valence-corrected chi connectivity index (χ2v) is 19.7. The van der Waals surface area contributed by atoms with E-state index < -0.39 is 66.2 Å². The van der Waals surface area contributed by atoms with E-state index in [1.165, 1.54) is 96.3 Å². The summed E-state index contributed by atoms with van der Waals surface area (Å²) in [6.45, 7) is 4.10. The Kier molecular flexibility index (Phi) is 35.2. The Balaban J connectivity index is 2.32. The van der Waals surface area contributed by atoms with E-state index in [0.717, 1.165) is 70.1 Å². The van der Waals surface area contributed by atoms with E-state index in [9.17, 15) is 28.7 Å². The number of carbonyl (C=O) groups is 2. The fraction of sp³-hybridized carbons (Fsp3) is 0.911. The van der Waals surface area contributed by atoms with E-state index >= 15 is 0 Å². The maximum atomic E-state index is 12.7. The van der Waals surface area contributed by atoms with Gasteiger partial charge in [0.05, 0.1) is 32.0 Å². The molecule has 1 aliphatic rings. The Labute approximate surface area is 368 Å². The highest BCUT2D eigenvalue weighted by molar-refractivity contribution is 7.47. The predicted molar refractivity (Wildman–Crippen MR) is 239 cm³/mol. The Hall–Kier alpha value is -1.18. The molecule has 6 atom stereocenters. The Morgan fingerprint density at radius 1 is 0.623 bits per heavy atom. The lowest BCUT2D eigenvalue weighted by atomic mass is 9.99. The highest BCUT2D eigenvalue weighted by atomic mass is 31.2. The van der Waals surface area contributed by atoms with E-state index in [4.69, 9.17) is 33.0 Å². The third kappa shape index (κ3) is 37.9. The number of unbranched alkanes of at least 4 members (excludes halogenated alkanes) is 20. The fourth-order valence-corrected chi connectivity index (χ4v) is 8.13. The molecular weight excluding hydrogens is 826 g/mol. The monoisotopic (exact) mass is 913 g/mol. The first-order chi connectivity index (χ1) is 29.2. The molecule has 0 aromatic heterocycles. The van der Waals surface area contributed by atoms with Crippen LogP contribution in [0.3, 0.4) is 0 Å². The van der Waals surface area contributed by atoms with E-state index in [-0.39, 0.29) is 12.8 Å². The van der Waals surface area contributed by atoms with Gasteiger partial charge in [-0.25, -0.2) is 9.13 Å². The van der Waals surface area contributed by atoms with E-state index in [2.05, 4.69) is 37.4 Å². The summed E-state index contributed by atoms with van der Waals surface area (Å²) in [5.41, 5.74) is 0. The number of hydrogen-bond donors (Lipinski definition) is 4. The minimum atomic E-state index is -4.87. The Morgan fingerprint density at radius 2 is 1.15 bits per heavy atom. The van der Waals surface area contributed by atoms with Gasteiger partial charge in [-0.1, -0.05) is 168 Å². The zero-order valence-corrected chi connectivity index (χ0v) is 39.9. The van der Waals surface area contributed by atoms with Crippen molar-refractivity contribution in [1.29, 1.82) is 0 Å². The number of phosphoric ester groups is 2. The number of rotatable bonds is 44. The molecule has 4 unspecified atom stereocenters. The van der Waals surface area contributed by atoms with Gasteiger partial charge in [0.1, 0.15) is 12.7 Å². The second kappa shape index (κ2) is 37.1. The number of allylic oxidation sites excluding steroid dienone is 1. The number of epoxide rings is 1. The summed E-state index contributed by atoms with van der Waals surface area (Å²) < 4.78 is 53.7. The van der Waals surface area contributed by atoms with Crippen molar-refractivity contribution in [2.45, 2.75) is 231 Å². The van der Waals surface area contributed by atoms with E-state index in [1.54, 1.807) is 0 Å². The molecule has 1 heterocycles. The number of hydrogen-bond acceptors (Lipinski definition) is 11. The number of esters is 2. The van der Waals surface area contributed by atoms with Crippen LogP contribution in [0, 0.1) is 5.92 Å². The average Bonchev–Trinajstić information content (AvgIpc) is 3.98. The first-order valence-corrected chi connectivity index (χ1v) is 26.9. The summed E-state index contributed by atoms with van der Waals surface area (Å²) in [7, 11) is -9.68. The molecule has 0 amide bonds. The molecule has 0 aliphatic carbocycles. The molecule has 360 valence electrons. The van der Waals surface area contributed by atoms with Crippen molar-refractivity contribution in [3.63, 3.8) is 0 Å². The lowest BCUT2D eigenvalue weighted by Crippen LogP contribution is -2.30. The molecule has 1 saturated heterocycles. The number of aliphatic hydroxyl groups is 1. The number of phosphoric acid groups is 2. The maximum Gasteiger partial charge on any atom is 0.472 e. The molecule has 4 N–H and O–H groups in total. The normalized spacial score (nSPS) is 17.9. The molecule has 0 bridgehead atoms. The number of carbonyl (C=O) groups excluding carboxylic acids is 2. The molecule has 16 heteroatoms. The third-order valence-corrected chi connectivity index (χ3v) is 12.5. The Morgan fingerprint density at radius 3 is 1.72 bits per heavy atom. The number of ether oxygens (including phenoxy) is 3. The van der Waals surface area contributed by atoms with Gasteiger partial charge < -0.3 is 34.0 Å².